The van der Waals surface area contributed by atoms with E-state index in [1.165, 1.54) is 13.3 Å². The van der Waals surface area contributed by atoms with E-state index in [1.54, 1.807) is 36.4 Å². The molecule has 0 unspecified atom stereocenters. The van der Waals surface area contributed by atoms with Gasteiger partial charge in [-0.15, -0.1) is 0 Å². The van der Waals surface area contributed by atoms with Gasteiger partial charge in [0, 0.05) is 15.7 Å². The topological polar surface area (TPSA) is 109 Å². The number of hydrazone groups is 1. The SMILES string of the molecule is CCOc1ccc(NC(=O)CC(=O)N/N=C/c2cc(Br)cc(OC)c2O)cc1. The predicted molar refractivity (Wildman–Crippen MR) is 109 cm³/mol. The van der Waals surface area contributed by atoms with Gasteiger partial charge in [-0.2, -0.15) is 5.10 Å². The second-order valence-electron chi connectivity index (χ2n) is 5.52. The van der Waals surface area contributed by atoms with Crippen LogP contribution in [0.2, 0.25) is 0 Å². The summed E-state index contributed by atoms with van der Waals surface area (Å²) in [4.78, 5) is 23.8. The van der Waals surface area contributed by atoms with Crippen LogP contribution in [-0.4, -0.2) is 36.9 Å². The molecule has 0 heterocycles. The minimum atomic E-state index is -0.596. The number of ether oxygens (including phenoxy) is 2. The highest BCUT2D eigenvalue weighted by Gasteiger charge is 2.10. The maximum Gasteiger partial charge on any atom is 0.249 e. The van der Waals surface area contributed by atoms with Gasteiger partial charge in [-0.25, -0.2) is 5.43 Å². The number of benzene rings is 2. The first-order valence-corrected chi connectivity index (χ1v) is 9.13. The fourth-order valence-electron chi connectivity index (χ4n) is 2.21. The third kappa shape index (κ3) is 6.27. The maximum absolute atomic E-state index is 11.9. The van der Waals surface area contributed by atoms with Gasteiger partial charge in [0.2, 0.25) is 11.8 Å². The largest absolute Gasteiger partial charge is 0.504 e. The minimum Gasteiger partial charge on any atom is -0.504 e. The van der Waals surface area contributed by atoms with Crippen molar-refractivity contribution in [2.24, 2.45) is 5.10 Å². The van der Waals surface area contributed by atoms with Crippen LogP contribution in [0, 0.1) is 0 Å². The Morgan fingerprint density at radius 1 is 1.21 bits per heavy atom. The van der Waals surface area contributed by atoms with Crippen LogP contribution in [0.5, 0.6) is 17.2 Å². The number of methoxy groups -OCH3 is 1. The number of phenols is 1. The zero-order valence-corrected chi connectivity index (χ0v) is 16.9. The number of carbonyl (C=O) groups is 2. The van der Waals surface area contributed by atoms with Crippen molar-refractivity contribution in [3.8, 4) is 17.2 Å². The summed E-state index contributed by atoms with van der Waals surface area (Å²) in [7, 11) is 1.42. The quantitative estimate of drug-likeness (QED) is 0.326. The average Bonchev–Trinajstić information content (AvgIpc) is 2.65. The zero-order valence-electron chi connectivity index (χ0n) is 15.4. The molecule has 0 radical (unpaired) electrons. The lowest BCUT2D eigenvalue weighted by Gasteiger charge is -2.07. The number of nitrogens with one attached hydrogen (secondary N) is 2. The van der Waals surface area contributed by atoms with Gasteiger partial charge in [0.25, 0.3) is 0 Å². The smallest absolute Gasteiger partial charge is 0.249 e. The van der Waals surface area contributed by atoms with Crippen LogP contribution < -0.4 is 20.2 Å². The minimum absolute atomic E-state index is 0.114. The van der Waals surface area contributed by atoms with Crippen molar-refractivity contribution in [3.63, 3.8) is 0 Å². The summed E-state index contributed by atoms with van der Waals surface area (Å²) in [6.07, 6.45) is 0.850. The molecule has 2 rings (SSSR count). The van der Waals surface area contributed by atoms with Gasteiger partial charge in [-0.3, -0.25) is 9.59 Å². The molecule has 9 heteroatoms. The van der Waals surface area contributed by atoms with Crippen LogP contribution in [0.25, 0.3) is 0 Å². The Balaban J connectivity index is 1.87. The number of carbonyl (C=O) groups excluding carboxylic acids is 2. The summed E-state index contributed by atoms with van der Waals surface area (Å²) in [5, 5.41) is 16.4. The molecule has 0 fully saturated rings. The second kappa shape index (κ2) is 10.3. The van der Waals surface area contributed by atoms with Gasteiger partial charge in [0.1, 0.15) is 12.2 Å². The monoisotopic (exact) mass is 449 g/mol. The number of aromatic hydroxyl groups is 1. The Labute approximate surface area is 170 Å². The molecule has 0 aliphatic rings. The van der Waals surface area contributed by atoms with Crippen LogP contribution in [-0.2, 0) is 9.59 Å². The summed E-state index contributed by atoms with van der Waals surface area (Å²) in [6, 6.07) is 10.0. The number of nitrogens with zero attached hydrogens (tertiary/aromatic N) is 1. The Bertz CT molecular complexity index is 869. The Hall–Kier alpha value is -3.07. The van der Waals surface area contributed by atoms with Gasteiger partial charge in [-0.1, -0.05) is 15.9 Å². The number of rotatable bonds is 8. The van der Waals surface area contributed by atoms with E-state index >= 15 is 0 Å². The number of halogens is 1. The van der Waals surface area contributed by atoms with Crippen LogP contribution in [0.3, 0.4) is 0 Å². The lowest BCUT2D eigenvalue weighted by Crippen LogP contribution is -2.24. The van der Waals surface area contributed by atoms with E-state index in [-0.39, 0.29) is 11.5 Å². The van der Waals surface area contributed by atoms with Crippen LogP contribution in [0.4, 0.5) is 5.69 Å². The molecule has 0 bridgehead atoms. The summed E-state index contributed by atoms with van der Waals surface area (Å²) in [5.41, 5.74) is 3.13. The number of hydrogen-bond donors (Lipinski definition) is 3. The van der Waals surface area contributed by atoms with Crippen molar-refractivity contribution in [2.75, 3.05) is 19.0 Å². The highest BCUT2D eigenvalue weighted by molar-refractivity contribution is 9.10. The number of phenolic OH excluding ortho intramolecular Hbond substituents is 1. The molecule has 2 aromatic carbocycles. The molecular weight excluding hydrogens is 430 g/mol. The molecule has 0 atom stereocenters. The van der Waals surface area contributed by atoms with E-state index < -0.39 is 18.2 Å². The maximum atomic E-state index is 11.9. The second-order valence-corrected chi connectivity index (χ2v) is 6.44. The Kier molecular flexibility index (Phi) is 7.82. The Morgan fingerprint density at radius 2 is 1.93 bits per heavy atom. The number of hydrogen-bond acceptors (Lipinski definition) is 6. The molecule has 2 amide bonds. The summed E-state index contributed by atoms with van der Waals surface area (Å²) in [5.74, 6) is -0.237. The van der Waals surface area contributed by atoms with Crippen molar-refractivity contribution in [1.82, 2.24) is 5.43 Å². The van der Waals surface area contributed by atoms with E-state index in [4.69, 9.17) is 9.47 Å². The van der Waals surface area contributed by atoms with Crippen LogP contribution >= 0.6 is 15.9 Å². The zero-order chi connectivity index (χ0) is 20.5. The molecule has 0 saturated heterocycles. The van der Waals surface area contributed by atoms with Crippen LogP contribution in [0.1, 0.15) is 18.9 Å². The molecule has 0 spiro atoms. The summed E-state index contributed by atoms with van der Waals surface area (Å²) < 4.78 is 11.0. The molecule has 3 N–H and O–H groups in total. The van der Waals surface area contributed by atoms with Gasteiger partial charge >= 0.3 is 0 Å². The molecule has 0 aliphatic carbocycles. The van der Waals surface area contributed by atoms with Gasteiger partial charge < -0.3 is 19.9 Å². The van der Waals surface area contributed by atoms with E-state index in [0.717, 1.165) is 0 Å². The molecule has 0 saturated carbocycles. The highest BCUT2D eigenvalue weighted by atomic mass is 79.9. The molecule has 2 aromatic rings. The fraction of sp³-hybridized carbons (Fsp3) is 0.211. The van der Waals surface area contributed by atoms with Gasteiger partial charge in [0.05, 0.1) is 19.9 Å². The first-order valence-electron chi connectivity index (χ1n) is 8.34. The molecular formula is C19H20BrN3O5. The lowest BCUT2D eigenvalue weighted by molar-refractivity contribution is -0.126. The standard InChI is InChI=1S/C19H20BrN3O5/c1-3-28-15-6-4-14(5-7-15)22-17(24)10-18(25)23-21-11-12-8-13(20)9-16(27-2)19(12)26/h4-9,11,26H,3,10H2,1-2H3,(H,22,24)(H,23,25)/b21-11+. The van der Waals surface area contributed by atoms with Crippen molar-refractivity contribution in [1.29, 1.82) is 0 Å². The third-order valence-electron chi connectivity index (χ3n) is 3.45. The fourth-order valence-corrected chi connectivity index (χ4v) is 2.67. The van der Waals surface area contributed by atoms with Crippen molar-refractivity contribution in [2.45, 2.75) is 13.3 Å². The molecule has 28 heavy (non-hydrogen) atoms. The molecule has 8 nitrogen and oxygen atoms in total. The third-order valence-corrected chi connectivity index (χ3v) is 3.91. The molecule has 148 valence electrons. The normalized spacial score (nSPS) is 10.5. The summed E-state index contributed by atoms with van der Waals surface area (Å²) in [6.45, 7) is 2.43. The van der Waals surface area contributed by atoms with Crippen LogP contribution in [0.15, 0.2) is 46.0 Å². The van der Waals surface area contributed by atoms with E-state index in [0.29, 0.717) is 28.1 Å². The highest BCUT2D eigenvalue weighted by Crippen LogP contribution is 2.32. The first kappa shape index (κ1) is 21.2. The van der Waals surface area contributed by atoms with Crippen molar-refractivity contribution in [3.05, 3.63) is 46.4 Å². The molecule has 0 aromatic heterocycles. The number of amides is 2. The summed E-state index contributed by atoms with van der Waals surface area (Å²) >= 11 is 3.29. The molecule has 0 aliphatic heterocycles. The van der Waals surface area contributed by atoms with E-state index in [2.05, 4.69) is 31.8 Å². The predicted octanol–water partition coefficient (Wildman–Crippen LogP) is 3.04. The Morgan fingerprint density at radius 3 is 2.57 bits per heavy atom. The van der Waals surface area contributed by atoms with Gasteiger partial charge in [0.15, 0.2) is 11.5 Å². The van der Waals surface area contributed by atoms with E-state index in [9.17, 15) is 14.7 Å². The van der Waals surface area contributed by atoms with E-state index in [1.807, 2.05) is 6.92 Å². The first-order chi connectivity index (χ1) is 13.4. The van der Waals surface area contributed by atoms with Crippen molar-refractivity contribution < 1.29 is 24.2 Å². The van der Waals surface area contributed by atoms with Gasteiger partial charge in [-0.05, 0) is 43.3 Å². The lowest BCUT2D eigenvalue weighted by atomic mass is 10.2. The average molecular weight is 450 g/mol. The number of anilines is 1. The van der Waals surface area contributed by atoms with Crippen molar-refractivity contribution >= 4 is 39.6 Å².